The Balaban J connectivity index is 1.60. The van der Waals surface area contributed by atoms with Gasteiger partial charge in [0.2, 0.25) is 0 Å². The number of nitrogens with zero attached hydrogens (tertiary/aromatic N) is 4. The van der Waals surface area contributed by atoms with Crippen molar-refractivity contribution in [3.63, 3.8) is 0 Å². The predicted molar refractivity (Wildman–Crippen MR) is 108 cm³/mol. The van der Waals surface area contributed by atoms with Crippen LogP contribution in [-0.4, -0.2) is 51.1 Å². The molecule has 2 aromatic heterocycles. The van der Waals surface area contributed by atoms with Crippen LogP contribution in [0.2, 0.25) is 0 Å². The highest BCUT2D eigenvalue weighted by Gasteiger charge is 2.30. The zero-order valence-corrected chi connectivity index (χ0v) is 16.7. The zero-order chi connectivity index (χ0) is 20.4. The number of ether oxygens (including phenoxy) is 1. The minimum Gasteiger partial charge on any atom is -0.466 e. The fourth-order valence-electron chi connectivity index (χ4n) is 3.76. The molecule has 0 N–H and O–H groups in total. The molecule has 1 fully saturated rings. The molecule has 7 heteroatoms. The van der Waals surface area contributed by atoms with Crippen LogP contribution in [0.25, 0.3) is 16.9 Å². The SMILES string of the molecule is CCOC(=O)C1CCCN(C(=O)c2cc(C)n3nc(-c4ccccc4)cc3n2)C1. The maximum Gasteiger partial charge on any atom is 0.310 e. The van der Waals surface area contributed by atoms with E-state index in [1.165, 1.54) is 0 Å². The van der Waals surface area contributed by atoms with Crippen molar-refractivity contribution in [2.45, 2.75) is 26.7 Å². The van der Waals surface area contributed by atoms with Gasteiger partial charge < -0.3 is 9.64 Å². The third kappa shape index (κ3) is 3.85. The molecule has 1 aliphatic rings. The molecule has 0 bridgehead atoms. The molecule has 29 heavy (non-hydrogen) atoms. The molecule has 150 valence electrons. The lowest BCUT2D eigenvalue weighted by atomic mass is 9.98. The predicted octanol–water partition coefficient (Wildman–Crippen LogP) is 3.12. The highest BCUT2D eigenvalue weighted by molar-refractivity contribution is 5.93. The summed E-state index contributed by atoms with van der Waals surface area (Å²) in [5, 5.41) is 4.62. The normalized spacial score (nSPS) is 16.8. The topological polar surface area (TPSA) is 76.8 Å². The Morgan fingerprint density at radius 3 is 2.76 bits per heavy atom. The van der Waals surface area contributed by atoms with Gasteiger partial charge in [0, 0.05) is 30.4 Å². The first-order valence-corrected chi connectivity index (χ1v) is 9.95. The number of amides is 1. The van der Waals surface area contributed by atoms with Crippen molar-refractivity contribution in [2.75, 3.05) is 19.7 Å². The van der Waals surface area contributed by atoms with Gasteiger partial charge in [0.15, 0.2) is 5.65 Å². The second kappa shape index (κ2) is 8.03. The molecule has 7 nitrogen and oxygen atoms in total. The third-order valence-electron chi connectivity index (χ3n) is 5.22. The van der Waals surface area contributed by atoms with Crippen LogP contribution in [0.4, 0.5) is 0 Å². The minimum atomic E-state index is -0.267. The summed E-state index contributed by atoms with van der Waals surface area (Å²) in [6.45, 7) is 5.05. The van der Waals surface area contributed by atoms with E-state index in [1.807, 2.05) is 43.3 Å². The molecule has 1 amide bonds. The molecule has 1 unspecified atom stereocenters. The van der Waals surface area contributed by atoms with E-state index >= 15 is 0 Å². The summed E-state index contributed by atoms with van der Waals surface area (Å²) in [6.07, 6.45) is 1.53. The van der Waals surface area contributed by atoms with Gasteiger partial charge in [-0.15, -0.1) is 0 Å². The van der Waals surface area contributed by atoms with Crippen LogP contribution in [0.1, 0.15) is 35.9 Å². The van der Waals surface area contributed by atoms with Gasteiger partial charge in [0.1, 0.15) is 5.69 Å². The number of fused-ring (bicyclic) bond motifs is 1. The molecule has 1 aromatic carbocycles. The number of piperidine rings is 1. The Labute approximate surface area is 169 Å². The van der Waals surface area contributed by atoms with Crippen molar-refractivity contribution >= 4 is 17.5 Å². The lowest BCUT2D eigenvalue weighted by Gasteiger charge is -2.31. The number of rotatable bonds is 4. The van der Waals surface area contributed by atoms with Crippen LogP contribution >= 0.6 is 0 Å². The lowest BCUT2D eigenvalue weighted by molar-refractivity contribution is -0.149. The molecule has 1 saturated heterocycles. The van der Waals surface area contributed by atoms with Crippen molar-refractivity contribution in [3.8, 4) is 11.3 Å². The van der Waals surface area contributed by atoms with Crippen LogP contribution in [0.3, 0.4) is 0 Å². The smallest absolute Gasteiger partial charge is 0.310 e. The highest BCUT2D eigenvalue weighted by Crippen LogP contribution is 2.22. The van der Waals surface area contributed by atoms with E-state index in [-0.39, 0.29) is 17.8 Å². The van der Waals surface area contributed by atoms with Crippen LogP contribution in [0.5, 0.6) is 0 Å². The van der Waals surface area contributed by atoms with Gasteiger partial charge in [-0.3, -0.25) is 9.59 Å². The maximum absolute atomic E-state index is 13.1. The molecule has 1 atom stereocenters. The molecule has 3 heterocycles. The first kappa shape index (κ1) is 19.1. The average molecular weight is 392 g/mol. The fourth-order valence-corrected chi connectivity index (χ4v) is 3.76. The van der Waals surface area contributed by atoms with Gasteiger partial charge in [-0.25, -0.2) is 9.50 Å². The molecule has 0 saturated carbocycles. The van der Waals surface area contributed by atoms with Crippen molar-refractivity contribution in [3.05, 3.63) is 53.9 Å². The van der Waals surface area contributed by atoms with E-state index in [4.69, 9.17) is 4.74 Å². The van der Waals surface area contributed by atoms with Gasteiger partial charge >= 0.3 is 5.97 Å². The summed E-state index contributed by atoms with van der Waals surface area (Å²) in [5.41, 5.74) is 3.65. The lowest BCUT2D eigenvalue weighted by Crippen LogP contribution is -2.43. The second-order valence-corrected chi connectivity index (χ2v) is 7.29. The van der Waals surface area contributed by atoms with Crippen LogP contribution in [-0.2, 0) is 9.53 Å². The summed E-state index contributed by atoms with van der Waals surface area (Å²) in [7, 11) is 0. The molecular weight excluding hydrogens is 368 g/mol. The number of hydrogen-bond donors (Lipinski definition) is 0. The van der Waals surface area contributed by atoms with E-state index in [9.17, 15) is 9.59 Å². The van der Waals surface area contributed by atoms with Crippen LogP contribution < -0.4 is 0 Å². The van der Waals surface area contributed by atoms with Gasteiger partial charge in [-0.1, -0.05) is 30.3 Å². The molecule has 4 rings (SSSR count). The van der Waals surface area contributed by atoms with E-state index in [1.54, 1.807) is 22.4 Å². The van der Waals surface area contributed by atoms with Gasteiger partial charge in [-0.05, 0) is 32.8 Å². The van der Waals surface area contributed by atoms with Gasteiger partial charge in [0.25, 0.3) is 5.91 Å². The summed E-state index contributed by atoms with van der Waals surface area (Å²) in [5.74, 6) is -0.655. The quantitative estimate of drug-likeness (QED) is 0.638. The van der Waals surface area contributed by atoms with Crippen LogP contribution in [0, 0.1) is 12.8 Å². The Morgan fingerprint density at radius 2 is 2.00 bits per heavy atom. The number of esters is 1. The molecule has 1 aliphatic heterocycles. The third-order valence-corrected chi connectivity index (χ3v) is 5.22. The van der Waals surface area contributed by atoms with Gasteiger partial charge in [0.05, 0.1) is 18.2 Å². The number of aromatic nitrogens is 3. The Bertz CT molecular complexity index is 1040. The maximum atomic E-state index is 13.1. The minimum absolute atomic E-state index is 0.160. The van der Waals surface area contributed by atoms with E-state index in [0.29, 0.717) is 31.0 Å². The Kier molecular flexibility index (Phi) is 5.29. The number of hydrogen-bond acceptors (Lipinski definition) is 5. The first-order chi connectivity index (χ1) is 14.1. The summed E-state index contributed by atoms with van der Waals surface area (Å²) >= 11 is 0. The number of aryl methyl sites for hydroxylation is 1. The second-order valence-electron chi connectivity index (χ2n) is 7.29. The molecule has 3 aromatic rings. The standard InChI is InChI=1S/C22H24N4O3/c1-3-29-22(28)17-10-7-11-25(14-17)21(27)19-12-15(2)26-20(23-19)13-18(24-26)16-8-5-4-6-9-16/h4-6,8-9,12-13,17H,3,7,10-11,14H2,1-2H3. The monoisotopic (exact) mass is 392 g/mol. The molecule has 0 spiro atoms. The van der Waals surface area contributed by atoms with Crippen molar-refractivity contribution in [1.29, 1.82) is 0 Å². The van der Waals surface area contributed by atoms with Crippen molar-refractivity contribution in [2.24, 2.45) is 5.92 Å². The van der Waals surface area contributed by atoms with E-state index < -0.39 is 0 Å². The van der Waals surface area contributed by atoms with E-state index in [0.717, 1.165) is 29.8 Å². The van der Waals surface area contributed by atoms with E-state index in [2.05, 4.69) is 10.1 Å². The number of carbonyl (C=O) groups excluding carboxylic acids is 2. The van der Waals surface area contributed by atoms with Crippen molar-refractivity contribution in [1.82, 2.24) is 19.5 Å². The first-order valence-electron chi connectivity index (χ1n) is 9.95. The summed E-state index contributed by atoms with van der Waals surface area (Å²) in [6, 6.07) is 13.5. The Morgan fingerprint density at radius 1 is 1.21 bits per heavy atom. The average Bonchev–Trinajstić information content (AvgIpc) is 3.19. The fraction of sp³-hybridized carbons (Fsp3) is 0.364. The van der Waals surface area contributed by atoms with Gasteiger partial charge in [-0.2, -0.15) is 5.10 Å². The largest absolute Gasteiger partial charge is 0.466 e. The highest BCUT2D eigenvalue weighted by atomic mass is 16.5. The zero-order valence-electron chi connectivity index (χ0n) is 16.7. The number of benzene rings is 1. The summed E-state index contributed by atoms with van der Waals surface area (Å²) < 4.78 is 6.88. The molecular formula is C22H24N4O3. The van der Waals surface area contributed by atoms with Crippen LogP contribution in [0.15, 0.2) is 42.5 Å². The summed E-state index contributed by atoms with van der Waals surface area (Å²) in [4.78, 5) is 31.4. The van der Waals surface area contributed by atoms with Crippen molar-refractivity contribution < 1.29 is 14.3 Å². The number of carbonyl (C=O) groups is 2. The Hall–Kier alpha value is -3.22. The molecule has 0 aliphatic carbocycles. The molecule has 0 radical (unpaired) electrons. The number of likely N-dealkylation sites (tertiary alicyclic amines) is 1.